The van der Waals surface area contributed by atoms with E-state index in [0.29, 0.717) is 16.5 Å². The number of benzene rings is 2. The lowest BCUT2D eigenvalue weighted by molar-refractivity contribution is -0.385. The molecule has 5 nitrogen and oxygen atoms in total. The minimum Gasteiger partial charge on any atom is -0.449 e. The van der Waals surface area contributed by atoms with Crippen molar-refractivity contribution in [2.24, 2.45) is 0 Å². The van der Waals surface area contributed by atoms with Gasteiger partial charge in [0.05, 0.1) is 9.40 Å². The number of carbonyl (C=O) groups excluding carboxylic acids is 1. The summed E-state index contributed by atoms with van der Waals surface area (Å²) in [5, 5.41) is 11.0. The third kappa shape index (κ3) is 3.03. The van der Waals surface area contributed by atoms with E-state index in [0.717, 1.165) is 5.56 Å². The zero-order valence-electron chi connectivity index (χ0n) is 10.5. The van der Waals surface area contributed by atoms with Crippen molar-refractivity contribution in [2.45, 2.75) is 6.92 Å². The summed E-state index contributed by atoms with van der Waals surface area (Å²) in [5.41, 5.74) is 1.02. The fourth-order valence-electron chi connectivity index (χ4n) is 1.64. The molecule has 0 atom stereocenters. The minimum atomic E-state index is -0.579. The summed E-state index contributed by atoms with van der Waals surface area (Å²) in [5.74, 6) is 0.558. The summed E-state index contributed by atoms with van der Waals surface area (Å²) < 4.78 is 6.25. The Hall–Kier alpha value is -2.21. The van der Waals surface area contributed by atoms with E-state index in [1.165, 1.54) is 18.2 Å². The van der Waals surface area contributed by atoms with Gasteiger partial charge in [0.25, 0.3) is 0 Å². The Labute approximate surface area is 123 Å². The standard InChI is InChI=1S/C14H10BrNO4/c1-9-2-4-13(11(15)6-9)20-14-5-3-10(8-17)7-12(14)16(18)19/h2-8H,1H3. The van der Waals surface area contributed by atoms with Crippen LogP contribution in [0.15, 0.2) is 40.9 Å². The van der Waals surface area contributed by atoms with Crippen LogP contribution in [0.2, 0.25) is 0 Å². The highest BCUT2D eigenvalue weighted by Gasteiger charge is 2.17. The van der Waals surface area contributed by atoms with Crippen LogP contribution in [-0.2, 0) is 0 Å². The van der Waals surface area contributed by atoms with Gasteiger partial charge in [-0.25, -0.2) is 0 Å². The summed E-state index contributed by atoms with van der Waals surface area (Å²) in [6, 6.07) is 9.47. The smallest absolute Gasteiger partial charge is 0.312 e. The molecule has 0 aliphatic heterocycles. The number of halogens is 1. The highest BCUT2D eigenvalue weighted by atomic mass is 79.9. The largest absolute Gasteiger partial charge is 0.449 e. The molecule has 0 N–H and O–H groups in total. The van der Waals surface area contributed by atoms with Gasteiger partial charge < -0.3 is 4.74 Å². The van der Waals surface area contributed by atoms with Crippen LogP contribution in [0, 0.1) is 17.0 Å². The first-order valence-electron chi connectivity index (χ1n) is 5.69. The van der Waals surface area contributed by atoms with Crippen molar-refractivity contribution in [3.05, 3.63) is 62.1 Å². The Morgan fingerprint density at radius 3 is 2.50 bits per heavy atom. The van der Waals surface area contributed by atoms with Crippen LogP contribution in [0.4, 0.5) is 5.69 Å². The van der Waals surface area contributed by atoms with Crippen LogP contribution in [0.1, 0.15) is 15.9 Å². The summed E-state index contributed by atoms with van der Waals surface area (Å²) in [6.45, 7) is 1.93. The Morgan fingerprint density at radius 1 is 1.20 bits per heavy atom. The fraction of sp³-hybridized carbons (Fsp3) is 0.0714. The lowest BCUT2D eigenvalue weighted by atomic mass is 10.2. The maximum absolute atomic E-state index is 11.0. The van der Waals surface area contributed by atoms with Gasteiger partial charge in [0.2, 0.25) is 5.75 Å². The lowest BCUT2D eigenvalue weighted by Gasteiger charge is -2.09. The summed E-state index contributed by atoms with van der Waals surface area (Å²) in [7, 11) is 0. The van der Waals surface area contributed by atoms with Crippen LogP contribution in [-0.4, -0.2) is 11.2 Å². The van der Waals surface area contributed by atoms with E-state index in [1.807, 2.05) is 19.1 Å². The molecule has 6 heteroatoms. The number of hydrogen-bond acceptors (Lipinski definition) is 4. The van der Waals surface area contributed by atoms with Crippen molar-refractivity contribution in [3.63, 3.8) is 0 Å². The van der Waals surface area contributed by atoms with Crippen LogP contribution >= 0.6 is 15.9 Å². The maximum atomic E-state index is 11.0. The van der Waals surface area contributed by atoms with E-state index in [1.54, 1.807) is 6.07 Å². The second-order valence-electron chi connectivity index (χ2n) is 4.14. The number of hydrogen-bond donors (Lipinski definition) is 0. The van der Waals surface area contributed by atoms with Crippen molar-refractivity contribution in [1.29, 1.82) is 0 Å². The fourth-order valence-corrected chi connectivity index (χ4v) is 2.22. The Balaban J connectivity index is 2.42. The molecular formula is C14H10BrNO4. The molecule has 0 amide bonds. The average molecular weight is 336 g/mol. The highest BCUT2D eigenvalue weighted by molar-refractivity contribution is 9.10. The van der Waals surface area contributed by atoms with Crippen LogP contribution in [0.25, 0.3) is 0 Å². The summed E-state index contributed by atoms with van der Waals surface area (Å²) in [6.07, 6.45) is 0.554. The van der Waals surface area contributed by atoms with Crippen molar-refractivity contribution in [3.8, 4) is 11.5 Å². The Morgan fingerprint density at radius 2 is 1.90 bits per heavy atom. The molecule has 2 aromatic rings. The van der Waals surface area contributed by atoms with Crippen LogP contribution in [0.5, 0.6) is 11.5 Å². The molecule has 0 fully saturated rings. The van der Waals surface area contributed by atoms with Gasteiger partial charge in [0.15, 0.2) is 0 Å². The van der Waals surface area contributed by atoms with Crippen LogP contribution in [0.3, 0.4) is 0 Å². The Bertz CT molecular complexity index is 685. The molecule has 0 aliphatic rings. The van der Waals surface area contributed by atoms with E-state index in [4.69, 9.17) is 4.74 Å². The molecule has 0 saturated carbocycles. The number of rotatable bonds is 4. The number of aryl methyl sites for hydroxylation is 1. The molecule has 0 radical (unpaired) electrons. The van der Waals surface area contributed by atoms with E-state index in [-0.39, 0.29) is 17.0 Å². The third-order valence-corrected chi connectivity index (χ3v) is 3.24. The summed E-state index contributed by atoms with van der Waals surface area (Å²) in [4.78, 5) is 21.1. The molecule has 0 spiro atoms. The molecule has 0 bridgehead atoms. The predicted octanol–water partition coefficient (Wildman–Crippen LogP) is 4.27. The number of nitro benzene ring substituents is 1. The van der Waals surface area contributed by atoms with E-state index in [9.17, 15) is 14.9 Å². The number of nitro groups is 1. The predicted molar refractivity (Wildman–Crippen MR) is 77.4 cm³/mol. The van der Waals surface area contributed by atoms with Gasteiger partial charge in [-0.1, -0.05) is 6.07 Å². The first-order valence-corrected chi connectivity index (χ1v) is 6.48. The molecule has 0 aliphatic carbocycles. The number of nitrogens with zero attached hydrogens (tertiary/aromatic N) is 1. The zero-order chi connectivity index (χ0) is 14.7. The van der Waals surface area contributed by atoms with Gasteiger partial charge in [-0.2, -0.15) is 0 Å². The van der Waals surface area contributed by atoms with Gasteiger partial charge in [-0.15, -0.1) is 0 Å². The number of ether oxygens (including phenoxy) is 1. The highest BCUT2D eigenvalue weighted by Crippen LogP contribution is 2.35. The second kappa shape index (κ2) is 5.83. The van der Waals surface area contributed by atoms with Gasteiger partial charge >= 0.3 is 5.69 Å². The van der Waals surface area contributed by atoms with Crippen molar-refractivity contribution < 1.29 is 14.5 Å². The molecule has 0 heterocycles. The third-order valence-electron chi connectivity index (χ3n) is 2.62. The van der Waals surface area contributed by atoms with E-state index < -0.39 is 4.92 Å². The van der Waals surface area contributed by atoms with Gasteiger partial charge in [0.1, 0.15) is 12.0 Å². The minimum absolute atomic E-state index is 0.0881. The molecule has 0 saturated heterocycles. The molecule has 0 unspecified atom stereocenters. The van der Waals surface area contributed by atoms with Crippen molar-refractivity contribution >= 4 is 27.9 Å². The first-order chi connectivity index (χ1) is 9.51. The van der Waals surface area contributed by atoms with Crippen molar-refractivity contribution in [1.82, 2.24) is 0 Å². The second-order valence-corrected chi connectivity index (χ2v) is 4.99. The van der Waals surface area contributed by atoms with Crippen molar-refractivity contribution in [2.75, 3.05) is 0 Å². The van der Waals surface area contributed by atoms with Crippen LogP contribution < -0.4 is 4.74 Å². The summed E-state index contributed by atoms with van der Waals surface area (Å²) >= 11 is 3.34. The zero-order valence-corrected chi connectivity index (χ0v) is 12.1. The monoisotopic (exact) mass is 335 g/mol. The normalized spacial score (nSPS) is 10.1. The van der Waals surface area contributed by atoms with Gasteiger partial charge in [0, 0.05) is 11.6 Å². The van der Waals surface area contributed by atoms with E-state index in [2.05, 4.69) is 15.9 Å². The number of carbonyl (C=O) groups is 1. The molecular weight excluding hydrogens is 326 g/mol. The van der Waals surface area contributed by atoms with Gasteiger partial charge in [-0.05, 0) is 52.7 Å². The quantitative estimate of drug-likeness (QED) is 0.475. The molecule has 102 valence electrons. The van der Waals surface area contributed by atoms with E-state index >= 15 is 0 Å². The first kappa shape index (κ1) is 14.2. The average Bonchev–Trinajstić information content (AvgIpc) is 2.42. The molecule has 20 heavy (non-hydrogen) atoms. The maximum Gasteiger partial charge on any atom is 0.312 e. The topological polar surface area (TPSA) is 69.4 Å². The molecule has 0 aromatic heterocycles. The number of aldehydes is 1. The SMILES string of the molecule is Cc1ccc(Oc2ccc(C=O)cc2[N+](=O)[O-])c(Br)c1. The lowest BCUT2D eigenvalue weighted by Crippen LogP contribution is -1.95. The molecule has 2 rings (SSSR count). The Kier molecular flexibility index (Phi) is 4.14. The van der Waals surface area contributed by atoms with Gasteiger partial charge in [-0.3, -0.25) is 14.9 Å². The molecule has 2 aromatic carbocycles.